The van der Waals surface area contributed by atoms with Gasteiger partial charge in [-0.1, -0.05) is 24.8 Å². The summed E-state index contributed by atoms with van der Waals surface area (Å²) in [6.45, 7) is 3.69. The average Bonchev–Trinajstić information content (AvgIpc) is 3.17. The minimum absolute atomic E-state index is 0.0750. The van der Waals surface area contributed by atoms with Gasteiger partial charge in [-0.25, -0.2) is 9.79 Å². The summed E-state index contributed by atoms with van der Waals surface area (Å²) in [5.41, 5.74) is -0.0750. The molecule has 0 aliphatic carbocycles. The Hall–Kier alpha value is -2.54. The van der Waals surface area contributed by atoms with Gasteiger partial charge in [-0.2, -0.15) is 0 Å². The molecule has 132 valence electrons. The van der Waals surface area contributed by atoms with Crippen LogP contribution in [0.3, 0.4) is 0 Å². The molecule has 0 radical (unpaired) electrons. The molecule has 0 atom stereocenters. The Morgan fingerprint density at radius 1 is 1.40 bits per heavy atom. The van der Waals surface area contributed by atoms with Crippen molar-refractivity contribution in [1.29, 1.82) is 0 Å². The maximum absolute atomic E-state index is 12.1. The number of nitrogens with zero attached hydrogens (tertiary/aromatic N) is 1. The van der Waals surface area contributed by atoms with Gasteiger partial charge in [0.25, 0.3) is 0 Å². The highest BCUT2D eigenvalue weighted by atomic mass is 32.2. The van der Waals surface area contributed by atoms with E-state index in [9.17, 15) is 14.7 Å². The summed E-state index contributed by atoms with van der Waals surface area (Å²) in [5.74, 6) is -0.627. The Balaban J connectivity index is 2.30. The molecule has 2 rings (SSSR count). The second-order valence-corrected chi connectivity index (χ2v) is 6.04. The largest absolute Gasteiger partial charge is 0.506 e. The van der Waals surface area contributed by atoms with Crippen molar-refractivity contribution in [2.45, 2.75) is 26.7 Å². The van der Waals surface area contributed by atoms with Crippen LogP contribution in [0.15, 0.2) is 56.2 Å². The zero-order valence-corrected chi connectivity index (χ0v) is 14.8. The van der Waals surface area contributed by atoms with Gasteiger partial charge in [0.2, 0.25) is 5.91 Å². The van der Waals surface area contributed by atoms with Crippen molar-refractivity contribution in [2.24, 2.45) is 4.99 Å². The van der Waals surface area contributed by atoms with E-state index >= 15 is 0 Å². The summed E-state index contributed by atoms with van der Waals surface area (Å²) in [6.07, 6.45) is 7.49. The zero-order chi connectivity index (χ0) is 18.2. The third-order valence-electron chi connectivity index (χ3n) is 3.11. The van der Waals surface area contributed by atoms with Crippen LogP contribution < -0.4 is 0 Å². The lowest BCUT2D eigenvalue weighted by molar-refractivity contribution is -0.138. The molecule has 1 aliphatic rings. The quantitative estimate of drug-likeness (QED) is 0.770. The molecule has 6 nitrogen and oxygen atoms in total. The first kappa shape index (κ1) is 18.8. The van der Waals surface area contributed by atoms with E-state index in [1.165, 1.54) is 0 Å². The molecule has 0 saturated heterocycles. The molecular formula is C18H19NO5S. The van der Waals surface area contributed by atoms with E-state index in [0.717, 1.165) is 11.8 Å². The van der Waals surface area contributed by atoms with Crippen LogP contribution in [0, 0.1) is 0 Å². The van der Waals surface area contributed by atoms with Crippen molar-refractivity contribution in [3.63, 3.8) is 0 Å². The maximum atomic E-state index is 12.1. The summed E-state index contributed by atoms with van der Waals surface area (Å²) in [4.78, 5) is 28.3. The second kappa shape index (κ2) is 9.08. The molecule has 0 aromatic carbocycles. The van der Waals surface area contributed by atoms with Crippen molar-refractivity contribution >= 4 is 34.8 Å². The number of allylic oxidation sites excluding steroid dienone is 2. The van der Waals surface area contributed by atoms with E-state index in [0.29, 0.717) is 17.1 Å². The molecule has 0 fully saturated rings. The summed E-state index contributed by atoms with van der Waals surface area (Å²) in [7, 11) is 0. The predicted molar refractivity (Wildman–Crippen MR) is 97.1 cm³/mol. The first-order valence-electron chi connectivity index (χ1n) is 7.89. The van der Waals surface area contributed by atoms with Gasteiger partial charge in [0, 0.05) is 6.42 Å². The van der Waals surface area contributed by atoms with Gasteiger partial charge in [0.1, 0.15) is 22.1 Å². The number of hydrogen-bond acceptors (Lipinski definition) is 6. The fourth-order valence-corrected chi connectivity index (χ4v) is 2.99. The SMILES string of the molecule is CCCC(=O)N=C1S/C(=C\C=C\c2ccco2)C(O)=C1C(=O)OCC. The van der Waals surface area contributed by atoms with Crippen molar-refractivity contribution in [2.75, 3.05) is 6.61 Å². The minimum Gasteiger partial charge on any atom is -0.506 e. The predicted octanol–water partition coefficient (Wildman–Crippen LogP) is 4.02. The summed E-state index contributed by atoms with van der Waals surface area (Å²) >= 11 is 1.06. The number of furan rings is 1. The Labute approximate surface area is 150 Å². The lowest BCUT2D eigenvalue weighted by atomic mass is 10.2. The Morgan fingerprint density at radius 3 is 2.84 bits per heavy atom. The van der Waals surface area contributed by atoms with E-state index in [2.05, 4.69) is 4.99 Å². The highest BCUT2D eigenvalue weighted by Crippen LogP contribution is 2.38. The number of aliphatic hydroxyl groups is 1. The van der Waals surface area contributed by atoms with Gasteiger partial charge in [-0.05, 0) is 37.6 Å². The van der Waals surface area contributed by atoms with Gasteiger partial charge < -0.3 is 14.3 Å². The number of aliphatic hydroxyl groups excluding tert-OH is 1. The molecule has 25 heavy (non-hydrogen) atoms. The average molecular weight is 361 g/mol. The van der Waals surface area contributed by atoms with Crippen molar-refractivity contribution in [1.82, 2.24) is 0 Å². The van der Waals surface area contributed by atoms with E-state index in [4.69, 9.17) is 9.15 Å². The molecule has 1 aromatic heterocycles. The molecule has 1 amide bonds. The van der Waals surface area contributed by atoms with Gasteiger partial charge in [-0.15, -0.1) is 0 Å². The van der Waals surface area contributed by atoms with Crippen molar-refractivity contribution in [3.05, 3.63) is 52.5 Å². The van der Waals surface area contributed by atoms with Gasteiger partial charge in [0.05, 0.1) is 17.8 Å². The number of thioether (sulfide) groups is 1. The summed E-state index contributed by atoms with van der Waals surface area (Å²) in [5, 5.41) is 10.5. The summed E-state index contributed by atoms with van der Waals surface area (Å²) in [6, 6.07) is 3.55. The van der Waals surface area contributed by atoms with Crippen LogP contribution in [0.25, 0.3) is 6.08 Å². The van der Waals surface area contributed by atoms with Crippen LogP contribution in [0.4, 0.5) is 0 Å². The van der Waals surface area contributed by atoms with Crippen LogP contribution in [-0.2, 0) is 14.3 Å². The van der Waals surface area contributed by atoms with Crippen LogP contribution >= 0.6 is 11.8 Å². The number of hydrogen-bond donors (Lipinski definition) is 1. The van der Waals surface area contributed by atoms with Crippen LogP contribution in [0.1, 0.15) is 32.4 Å². The highest BCUT2D eigenvalue weighted by molar-refractivity contribution is 8.18. The Morgan fingerprint density at radius 2 is 2.20 bits per heavy atom. The van der Waals surface area contributed by atoms with Crippen LogP contribution in [0.2, 0.25) is 0 Å². The highest BCUT2D eigenvalue weighted by Gasteiger charge is 2.33. The Kier molecular flexibility index (Phi) is 6.82. The van der Waals surface area contributed by atoms with Gasteiger partial charge in [0.15, 0.2) is 0 Å². The van der Waals surface area contributed by atoms with E-state index < -0.39 is 5.97 Å². The molecule has 2 heterocycles. The number of esters is 1. The normalized spacial score (nSPS) is 17.8. The standard InChI is InChI=1S/C18H19NO5S/c1-3-7-14(20)19-17-15(18(22)23-4-2)16(21)13(25-17)10-5-8-12-9-6-11-24-12/h5-6,8-11,21H,3-4,7H2,1-2H3/b8-5+,13-10-,19-17?. The molecule has 0 unspecified atom stereocenters. The second-order valence-electron chi connectivity index (χ2n) is 5.01. The molecule has 1 aliphatic heterocycles. The monoisotopic (exact) mass is 361 g/mol. The smallest absolute Gasteiger partial charge is 0.344 e. The molecular weight excluding hydrogens is 342 g/mol. The maximum Gasteiger partial charge on any atom is 0.344 e. The van der Waals surface area contributed by atoms with Gasteiger partial charge >= 0.3 is 5.97 Å². The fraction of sp³-hybridized carbons (Fsp3) is 0.278. The topological polar surface area (TPSA) is 89.1 Å². The number of rotatable bonds is 6. The molecule has 0 bridgehead atoms. The van der Waals surface area contributed by atoms with Gasteiger partial charge in [-0.3, -0.25) is 4.79 Å². The third-order valence-corrected chi connectivity index (χ3v) is 4.15. The minimum atomic E-state index is -0.700. The van der Waals surface area contributed by atoms with Crippen molar-refractivity contribution < 1.29 is 23.8 Å². The van der Waals surface area contributed by atoms with E-state index in [-0.39, 0.29) is 35.3 Å². The number of carbonyl (C=O) groups excluding carboxylic acids is 2. The molecule has 0 saturated carbocycles. The molecule has 7 heteroatoms. The number of ether oxygens (including phenoxy) is 1. The Bertz CT molecular complexity index is 756. The first-order chi connectivity index (χ1) is 12.1. The van der Waals surface area contributed by atoms with Crippen LogP contribution in [0.5, 0.6) is 0 Å². The fourth-order valence-electron chi connectivity index (χ4n) is 2.01. The first-order valence-corrected chi connectivity index (χ1v) is 8.70. The van der Waals surface area contributed by atoms with Crippen molar-refractivity contribution in [3.8, 4) is 0 Å². The van der Waals surface area contributed by atoms with E-state index in [1.54, 1.807) is 43.5 Å². The summed E-state index contributed by atoms with van der Waals surface area (Å²) < 4.78 is 10.1. The molecule has 1 aromatic rings. The number of aliphatic imine (C=N–C) groups is 1. The number of amides is 1. The number of carbonyl (C=O) groups is 2. The molecule has 1 N–H and O–H groups in total. The zero-order valence-electron chi connectivity index (χ0n) is 14.0. The third kappa shape index (κ3) is 4.96. The lowest BCUT2D eigenvalue weighted by Crippen LogP contribution is -2.14. The lowest BCUT2D eigenvalue weighted by Gasteiger charge is -2.03. The van der Waals surface area contributed by atoms with Crippen LogP contribution in [-0.4, -0.2) is 28.6 Å². The molecule has 0 spiro atoms. The van der Waals surface area contributed by atoms with E-state index in [1.807, 2.05) is 6.92 Å².